The van der Waals surface area contributed by atoms with E-state index in [1.807, 2.05) is 38.1 Å². The number of ketones is 1. The van der Waals surface area contributed by atoms with Crippen LogP contribution >= 0.6 is 11.6 Å². The largest absolute Gasteiger partial charge is 0.454 e. The summed E-state index contributed by atoms with van der Waals surface area (Å²) in [6, 6.07) is 17.9. The molecule has 4 aromatic rings. The van der Waals surface area contributed by atoms with Crippen molar-refractivity contribution in [2.75, 3.05) is 6.61 Å². The maximum Gasteiger partial charge on any atom is 0.339 e. The van der Waals surface area contributed by atoms with Crippen molar-refractivity contribution < 1.29 is 19.2 Å². The molecule has 0 aliphatic carbocycles. The third-order valence-corrected chi connectivity index (χ3v) is 5.88. The second-order valence-corrected chi connectivity index (χ2v) is 8.20. The molecule has 0 aliphatic rings. The number of rotatable bonds is 6. The molecule has 0 unspecified atom stereocenters. The summed E-state index contributed by atoms with van der Waals surface area (Å²) in [5.41, 5.74) is 4.12. The minimum Gasteiger partial charge on any atom is -0.454 e. The number of esters is 1. The molecule has 0 bridgehead atoms. The van der Waals surface area contributed by atoms with Crippen LogP contribution in [0.4, 0.5) is 5.69 Å². The summed E-state index contributed by atoms with van der Waals surface area (Å²) >= 11 is 6.30. The highest BCUT2D eigenvalue weighted by Crippen LogP contribution is 2.30. The second-order valence-electron chi connectivity index (χ2n) is 7.79. The van der Waals surface area contributed by atoms with Gasteiger partial charge in [-0.05, 0) is 43.7 Å². The first kappa shape index (κ1) is 23.1. The maximum absolute atomic E-state index is 13.0. The number of pyridine rings is 1. The van der Waals surface area contributed by atoms with Gasteiger partial charge in [-0.3, -0.25) is 14.9 Å². The van der Waals surface area contributed by atoms with Crippen LogP contribution in [0.2, 0.25) is 5.02 Å². The van der Waals surface area contributed by atoms with Crippen molar-refractivity contribution >= 4 is 39.9 Å². The van der Waals surface area contributed by atoms with Gasteiger partial charge in [-0.15, -0.1) is 0 Å². The van der Waals surface area contributed by atoms with Crippen molar-refractivity contribution in [3.63, 3.8) is 0 Å². The first-order valence-electron chi connectivity index (χ1n) is 10.4. The Bertz CT molecular complexity index is 1430. The Labute approximate surface area is 200 Å². The summed E-state index contributed by atoms with van der Waals surface area (Å²) in [6.07, 6.45) is 0. The summed E-state index contributed by atoms with van der Waals surface area (Å²) < 4.78 is 5.33. The summed E-state index contributed by atoms with van der Waals surface area (Å²) in [5, 5.41) is 11.9. The number of non-ortho nitro benzene ring substituents is 1. The third kappa shape index (κ3) is 4.65. The highest BCUT2D eigenvalue weighted by molar-refractivity contribution is 6.32. The zero-order valence-electron chi connectivity index (χ0n) is 18.4. The van der Waals surface area contributed by atoms with Gasteiger partial charge in [0, 0.05) is 33.7 Å². The number of halogens is 1. The van der Waals surface area contributed by atoms with Crippen molar-refractivity contribution in [3.8, 4) is 11.3 Å². The number of ether oxygens (including phenoxy) is 1. The van der Waals surface area contributed by atoms with Gasteiger partial charge in [0.1, 0.15) is 0 Å². The summed E-state index contributed by atoms with van der Waals surface area (Å²) in [7, 11) is 0. The van der Waals surface area contributed by atoms with Crippen molar-refractivity contribution in [2.24, 2.45) is 0 Å². The topological polar surface area (TPSA) is 99.4 Å². The number of Topliss-reactive ketones (excluding diaryl/α,β-unsaturated/α-hetero) is 1. The normalized spacial score (nSPS) is 10.8. The number of benzene rings is 3. The van der Waals surface area contributed by atoms with E-state index >= 15 is 0 Å². The lowest BCUT2D eigenvalue weighted by Crippen LogP contribution is -2.15. The number of aryl methyl sites for hydroxylation is 2. The van der Waals surface area contributed by atoms with Crippen LogP contribution in [0.15, 0.2) is 66.7 Å². The van der Waals surface area contributed by atoms with E-state index < -0.39 is 23.3 Å². The lowest BCUT2D eigenvalue weighted by Gasteiger charge is -2.12. The molecule has 0 amide bonds. The molecule has 1 aromatic heterocycles. The second kappa shape index (κ2) is 9.41. The molecule has 3 aromatic carbocycles. The molecule has 0 N–H and O–H groups in total. The molecule has 7 nitrogen and oxygen atoms in total. The van der Waals surface area contributed by atoms with Crippen molar-refractivity contribution in [1.82, 2.24) is 4.98 Å². The monoisotopic (exact) mass is 474 g/mol. The van der Waals surface area contributed by atoms with E-state index in [1.165, 1.54) is 24.3 Å². The van der Waals surface area contributed by atoms with Crippen LogP contribution in [0.25, 0.3) is 22.2 Å². The fourth-order valence-electron chi connectivity index (χ4n) is 3.51. The SMILES string of the molecule is Cc1ccc(-c2cc(C(=O)OCC(=O)c3ccc([N+](=O)[O-])cc3)c3ccc(Cl)c(C)c3n2)cc1. The Morgan fingerprint density at radius 3 is 2.32 bits per heavy atom. The number of nitrogens with zero attached hydrogens (tertiary/aromatic N) is 2. The molecular formula is C26H19ClN2O5. The quantitative estimate of drug-likeness (QED) is 0.144. The minimum absolute atomic E-state index is 0.130. The van der Waals surface area contributed by atoms with Crippen LogP contribution in [0.3, 0.4) is 0 Å². The molecule has 0 spiro atoms. The van der Waals surface area contributed by atoms with Gasteiger partial charge in [-0.25, -0.2) is 9.78 Å². The standard InChI is InChI=1S/C26H19ClN2O5/c1-15-3-5-17(6-4-15)23-13-21(20-11-12-22(27)16(2)25(20)28-23)26(31)34-14-24(30)18-7-9-19(10-8-18)29(32)33/h3-13H,14H2,1-2H3. The van der Waals surface area contributed by atoms with Gasteiger partial charge in [0.15, 0.2) is 12.4 Å². The van der Waals surface area contributed by atoms with E-state index in [9.17, 15) is 19.7 Å². The zero-order valence-corrected chi connectivity index (χ0v) is 19.1. The van der Waals surface area contributed by atoms with Gasteiger partial charge < -0.3 is 4.74 Å². The number of carbonyl (C=O) groups is 2. The Morgan fingerprint density at radius 2 is 1.68 bits per heavy atom. The van der Waals surface area contributed by atoms with Gasteiger partial charge in [0.25, 0.3) is 5.69 Å². The Kier molecular flexibility index (Phi) is 6.38. The van der Waals surface area contributed by atoms with Gasteiger partial charge in [-0.2, -0.15) is 0 Å². The lowest BCUT2D eigenvalue weighted by atomic mass is 10.0. The number of hydrogen-bond donors (Lipinski definition) is 0. The van der Waals surface area contributed by atoms with Crippen LogP contribution in [-0.4, -0.2) is 28.3 Å². The average Bonchev–Trinajstić information content (AvgIpc) is 2.84. The summed E-state index contributed by atoms with van der Waals surface area (Å²) in [4.78, 5) is 40.5. The molecule has 4 rings (SSSR count). The highest BCUT2D eigenvalue weighted by atomic mass is 35.5. The Hall–Kier alpha value is -4.10. The van der Waals surface area contributed by atoms with Crippen LogP contribution in [0, 0.1) is 24.0 Å². The van der Waals surface area contributed by atoms with Gasteiger partial charge in [-0.1, -0.05) is 47.5 Å². The molecule has 170 valence electrons. The fourth-order valence-corrected chi connectivity index (χ4v) is 3.66. The molecule has 0 radical (unpaired) electrons. The van der Waals surface area contributed by atoms with Gasteiger partial charge in [0.05, 0.1) is 21.7 Å². The van der Waals surface area contributed by atoms with Crippen molar-refractivity contribution in [3.05, 3.63) is 104 Å². The predicted octanol–water partition coefficient (Wildman–Crippen LogP) is 6.12. The van der Waals surface area contributed by atoms with Crippen LogP contribution in [0.5, 0.6) is 0 Å². The molecule has 0 fully saturated rings. The first-order chi connectivity index (χ1) is 16.2. The van der Waals surface area contributed by atoms with Crippen molar-refractivity contribution in [1.29, 1.82) is 0 Å². The fraction of sp³-hybridized carbons (Fsp3) is 0.115. The molecular weight excluding hydrogens is 456 g/mol. The Balaban J connectivity index is 1.66. The smallest absolute Gasteiger partial charge is 0.339 e. The van der Waals surface area contributed by atoms with Crippen LogP contribution < -0.4 is 0 Å². The summed E-state index contributed by atoms with van der Waals surface area (Å²) in [6.45, 7) is 3.29. The van der Waals surface area contributed by atoms with Crippen molar-refractivity contribution in [2.45, 2.75) is 13.8 Å². The van der Waals surface area contributed by atoms with E-state index in [0.29, 0.717) is 21.6 Å². The average molecular weight is 475 g/mol. The zero-order chi connectivity index (χ0) is 24.4. The number of carbonyl (C=O) groups excluding carboxylic acids is 2. The molecule has 8 heteroatoms. The van der Waals surface area contributed by atoms with E-state index in [0.717, 1.165) is 16.7 Å². The molecule has 34 heavy (non-hydrogen) atoms. The number of aromatic nitrogens is 1. The molecule has 0 saturated heterocycles. The molecule has 1 heterocycles. The number of hydrogen-bond acceptors (Lipinski definition) is 6. The van der Waals surface area contributed by atoms with E-state index in [4.69, 9.17) is 21.3 Å². The molecule has 0 saturated carbocycles. The van der Waals surface area contributed by atoms with Crippen LogP contribution in [-0.2, 0) is 4.74 Å². The van der Waals surface area contributed by atoms with E-state index in [2.05, 4.69) is 0 Å². The van der Waals surface area contributed by atoms with Gasteiger partial charge in [0.2, 0.25) is 0 Å². The third-order valence-electron chi connectivity index (χ3n) is 5.47. The lowest BCUT2D eigenvalue weighted by molar-refractivity contribution is -0.384. The predicted molar refractivity (Wildman–Crippen MR) is 129 cm³/mol. The highest BCUT2D eigenvalue weighted by Gasteiger charge is 2.19. The minimum atomic E-state index is -0.683. The number of fused-ring (bicyclic) bond motifs is 1. The van der Waals surface area contributed by atoms with E-state index in [1.54, 1.807) is 18.2 Å². The molecule has 0 aliphatic heterocycles. The number of nitro benzene ring substituents is 1. The molecule has 0 atom stereocenters. The van der Waals surface area contributed by atoms with E-state index in [-0.39, 0.29) is 16.8 Å². The van der Waals surface area contributed by atoms with Gasteiger partial charge >= 0.3 is 5.97 Å². The maximum atomic E-state index is 13.0. The first-order valence-corrected chi connectivity index (χ1v) is 10.7. The van der Waals surface area contributed by atoms with Crippen LogP contribution in [0.1, 0.15) is 31.8 Å². The Morgan fingerprint density at radius 1 is 1.00 bits per heavy atom. The number of nitro groups is 1. The summed E-state index contributed by atoms with van der Waals surface area (Å²) in [5.74, 6) is -1.16.